The first-order valence-corrected chi connectivity index (χ1v) is 32.2. The Morgan fingerprint density at radius 2 is 0.632 bits per heavy atom. The predicted molar refractivity (Wildman–Crippen MR) is 397 cm³/mol. The molecule has 16 rings (SSSR count). The van der Waals surface area contributed by atoms with Crippen LogP contribution in [0.4, 0.5) is 45.5 Å². The molecule has 8 nitrogen and oxygen atoms in total. The van der Waals surface area contributed by atoms with Gasteiger partial charge in [0.05, 0.1) is 39.2 Å². The second-order valence-corrected chi connectivity index (χ2v) is 23.9. The number of hydrogen-bond donors (Lipinski definition) is 0. The van der Waals surface area contributed by atoms with Gasteiger partial charge in [0.15, 0.2) is 0 Å². The molecule has 0 saturated heterocycles. The molecule has 6 heterocycles. The van der Waals surface area contributed by atoms with Crippen LogP contribution in [0, 0.1) is 0 Å². The molecule has 0 fully saturated rings. The van der Waals surface area contributed by atoms with E-state index in [0.717, 1.165) is 80.9 Å². The van der Waals surface area contributed by atoms with E-state index in [9.17, 15) is 0 Å². The number of halogens is 1. The summed E-state index contributed by atoms with van der Waals surface area (Å²) in [6, 6.07) is 111. The molecule has 14 aromatic rings. The maximum Gasteiger partial charge on any atom is 0.252 e. The molecule has 4 aromatic heterocycles. The third-order valence-electron chi connectivity index (χ3n) is 17.7. The Morgan fingerprint density at radius 3 is 0.989 bits per heavy atom. The molecule has 0 radical (unpaired) electrons. The third-order valence-corrected chi connectivity index (χ3v) is 18.1. The zero-order valence-corrected chi connectivity index (χ0v) is 52.4. The number of anilines is 8. The van der Waals surface area contributed by atoms with Crippen LogP contribution in [-0.4, -0.2) is 26.6 Å². The van der Waals surface area contributed by atoms with Crippen molar-refractivity contribution in [1.82, 2.24) is 19.9 Å². The van der Waals surface area contributed by atoms with Gasteiger partial charge < -0.3 is 19.6 Å². The van der Waals surface area contributed by atoms with Gasteiger partial charge in [-0.05, 0) is 159 Å². The molecule has 10 heteroatoms. The number of hydrogen-bond acceptors (Lipinski definition) is 8. The van der Waals surface area contributed by atoms with Crippen molar-refractivity contribution in [3.8, 4) is 45.0 Å². The molecule has 0 amide bonds. The molecule has 0 atom stereocenters. The SMILES string of the molecule is C.Clc1c(N(Cc2ccccc2)c2ccc(-c3ccccn3)cc2)cccc1N(Cc1ccccc1)c1ccc(-c2ccccn2)cc1.c1ccc(CN2c3ccc(-c4ccccn4)cc3B3c4cc(-c5ccccn5)ccc4N(Cc4ccccc4)c4cccc2c43)cc1. The molecule has 0 spiro atoms. The minimum atomic E-state index is 0. The van der Waals surface area contributed by atoms with Gasteiger partial charge in [-0.2, -0.15) is 0 Å². The molecular formula is C85H68BClN8. The number of nitrogens with zero attached hydrogens (tertiary/aromatic N) is 8. The van der Waals surface area contributed by atoms with Crippen molar-refractivity contribution in [1.29, 1.82) is 0 Å². The monoisotopic (exact) mass is 1250 g/mol. The molecule has 0 saturated carbocycles. The Labute approximate surface area is 562 Å². The molecule has 0 unspecified atom stereocenters. The topological polar surface area (TPSA) is 64.5 Å². The summed E-state index contributed by atoms with van der Waals surface area (Å²) in [5, 5.41) is 0.682. The van der Waals surface area contributed by atoms with Crippen LogP contribution in [0.3, 0.4) is 0 Å². The van der Waals surface area contributed by atoms with Gasteiger partial charge in [0, 0.05) is 96.2 Å². The predicted octanol–water partition coefficient (Wildman–Crippen LogP) is 19.4. The molecule has 2 aliphatic heterocycles. The first kappa shape index (κ1) is 60.9. The van der Waals surface area contributed by atoms with Gasteiger partial charge in [-0.15, -0.1) is 0 Å². The van der Waals surface area contributed by atoms with Gasteiger partial charge in [0.2, 0.25) is 0 Å². The average Bonchev–Trinajstić information content (AvgIpc) is 0.711. The lowest BCUT2D eigenvalue weighted by Gasteiger charge is -2.44. The zero-order valence-electron chi connectivity index (χ0n) is 51.7. The van der Waals surface area contributed by atoms with Crippen molar-refractivity contribution in [2.45, 2.75) is 33.6 Å². The number of pyridine rings is 4. The van der Waals surface area contributed by atoms with Gasteiger partial charge in [0.25, 0.3) is 6.71 Å². The molecule has 10 aromatic carbocycles. The fourth-order valence-electron chi connectivity index (χ4n) is 13.1. The number of benzene rings is 10. The van der Waals surface area contributed by atoms with E-state index in [1.165, 1.54) is 61.4 Å². The van der Waals surface area contributed by atoms with Crippen LogP contribution >= 0.6 is 11.6 Å². The first-order valence-electron chi connectivity index (χ1n) is 31.9. The van der Waals surface area contributed by atoms with E-state index >= 15 is 0 Å². The maximum atomic E-state index is 7.48. The van der Waals surface area contributed by atoms with Crippen LogP contribution in [0.2, 0.25) is 5.02 Å². The highest BCUT2D eigenvalue weighted by Crippen LogP contribution is 2.44. The average molecular weight is 1250 g/mol. The summed E-state index contributed by atoms with van der Waals surface area (Å²) in [5.41, 5.74) is 26.0. The normalized spacial score (nSPS) is 11.7. The second kappa shape index (κ2) is 28.1. The Hall–Kier alpha value is -11.6. The van der Waals surface area contributed by atoms with E-state index in [1.807, 2.05) is 85.5 Å². The lowest BCUT2D eigenvalue weighted by Crippen LogP contribution is -2.62. The Bertz CT molecular complexity index is 4550. The van der Waals surface area contributed by atoms with Crippen molar-refractivity contribution in [2.24, 2.45) is 0 Å². The highest BCUT2D eigenvalue weighted by Gasteiger charge is 2.43. The summed E-state index contributed by atoms with van der Waals surface area (Å²) in [6.45, 7) is 2.91. The van der Waals surface area contributed by atoms with Crippen molar-refractivity contribution >= 4 is 80.2 Å². The highest BCUT2D eigenvalue weighted by molar-refractivity contribution is 7.00. The van der Waals surface area contributed by atoms with E-state index in [1.54, 1.807) is 0 Å². The summed E-state index contributed by atoms with van der Waals surface area (Å²) >= 11 is 7.48. The summed E-state index contributed by atoms with van der Waals surface area (Å²) < 4.78 is 0. The summed E-state index contributed by atoms with van der Waals surface area (Å²) in [7, 11) is 0. The first-order chi connectivity index (χ1) is 46.5. The number of fused-ring (bicyclic) bond motifs is 4. The fraction of sp³-hybridized carbons (Fsp3) is 0.0588. The van der Waals surface area contributed by atoms with Crippen LogP contribution in [0.5, 0.6) is 0 Å². The second-order valence-electron chi connectivity index (χ2n) is 23.5. The van der Waals surface area contributed by atoms with Crippen molar-refractivity contribution in [3.05, 3.63) is 368 Å². The van der Waals surface area contributed by atoms with E-state index in [4.69, 9.17) is 21.6 Å². The quantitative estimate of drug-likeness (QED) is 0.0887. The van der Waals surface area contributed by atoms with Crippen molar-refractivity contribution in [3.63, 3.8) is 0 Å². The maximum absolute atomic E-state index is 7.48. The fourth-order valence-corrected chi connectivity index (χ4v) is 13.5. The summed E-state index contributed by atoms with van der Waals surface area (Å²) in [6.07, 6.45) is 7.40. The minimum absolute atomic E-state index is 0. The van der Waals surface area contributed by atoms with Crippen LogP contribution in [0.15, 0.2) is 340 Å². The van der Waals surface area contributed by atoms with Gasteiger partial charge in [0.1, 0.15) is 0 Å². The lowest BCUT2D eigenvalue weighted by atomic mass is 9.33. The molecule has 2 aliphatic rings. The van der Waals surface area contributed by atoms with E-state index in [0.29, 0.717) is 18.1 Å². The molecule has 0 aliphatic carbocycles. The molecular weight excluding hydrogens is 1180 g/mol. The van der Waals surface area contributed by atoms with Crippen LogP contribution in [0.25, 0.3) is 45.0 Å². The Morgan fingerprint density at radius 1 is 0.305 bits per heavy atom. The Kier molecular flexibility index (Phi) is 18.0. The Balaban J connectivity index is 0.000000162. The molecule has 458 valence electrons. The highest BCUT2D eigenvalue weighted by atomic mass is 35.5. The minimum Gasteiger partial charge on any atom is -0.338 e. The summed E-state index contributed by atoms with van der Waals surface area (Å²) in [4.78, 5) is 28.1. The molecule has 0 bridgehead atoms. The van der Waals surface area contributed by atoms with Gasteiger partial charge in [-0.25, -0.2) is 0 Å². The number of aromatic nitrogens is 4. The van der Waals surface area contributed by atoms with E-state index in [2.05, 4.69) is 284 Å². The van der Waals surface area contributed by atoms with Crippen molar-refractivity contribution in [2.75, 3.05) is 19.6 Å². The largest absolute Gasteiger partial charge is 0.338 e. The molecule has 0 N–H and O–H groups in total. The van der Waals surface area contributed by atoms with Gasteiger partial charge >= 0.3 is 0 Å². The standard InChI is InChI=1S/C42H31BN4.C42H33ClN4.CH4/c1-3-12-30(13-4-1)28-46-38-22-20-32(36-16-7-9-24-44-36)26-34(38)43-35-27-33(37-17-8-10-25-45-37)21-23-39(35)47(29-31-14-5-2-6-15-31)41-19-11-18-40(46)42(41)43;43-42-40(46(30-32-12-3-1-4-13-32)36-24-20-34(21-25-36)38-16-7-9-28-44-38)18-11-19-41(42)47(31-33-14-5-2-6-15-33)37-26-22-35(23-27-37)39-17-8-10-29-45-39;/h1-27H,28-29H2;1-29H,30-31H2;1H4. The smallest absolute Gasteiger partial charge is 0.252 e. The van der Waals surface area contributed by atoms with E-state index in [-0.39, 0.29) is 14.1 Å². The lowest BCUT2D eigenvalue weighted by molar-refractivity contribution is 0.959. The number of rotatable bonds is 16. The van der Waals surface area contributed by atoms with Gasteiger partial charge in [-0.3, -0.25) is 19.9 Å². The van der Waals surface area contributed by atoms with Crippen molar-refractivity contribution < 1.29 is 0 Å². The van der Waals surface area contributed by atoms with Crippen LogP contribution in [-0.2, 0) is 26.2 Å². The van der Waals surface area contributed by atoms with Crippen LogP contribution in [0.1, 0.15) is 29.7 Å². The third kappa shape index (κ3) is 13.0. The van der Waals surface area contributed by atoms with Gasteiger partial charge in [-0.1, -0.05) is 225 Å². The van der Waals surface area contributed by atoms with Crippen LogP contribution < -0.4 is 36.0 Å². The molecule has 95 heavy (non-hydrogen) atoms. The summed E-state index contributed by atoms with van der Waals surface area (Å²) in [5.74, 6) is 0. The van der Waals surface area contributed by atoms with E-state index < -0.39 is 0 Å². The zero-order chi connectivity index (χ0) is 63.0.